The Bertz CT molecular complexity index is 2510. The molecule has 0 bridgehead atoms. The summed E-state index contributed by atoms with van der Waals surface area (Å²) in [4.78, 5) is 16.0. The second kappa shape index (κ2) is 11.7. The van der Waals surface area contributed by atoms with Gasteiger partial charge in [-0.1, -0.05) is 170 Å². The van der Waals surface area contributed by atoms with Crippen molar-refractivity contribution in [3.63, 3.8) is 0 Å². The number of fused-ring (bicyclic) bond motifs is 4. The molecule has 0 fully saturated rings. The summed E-state index contributed by atoms with van der Waals surface area (Å²) in [6.45, 7) is 0. The summed E-state index contributed by atoms with van der Waals surface area (Å²) in [7, 11) is 0. The summed E-state index contributed by atoms with van der Waals surface area (Å²) in [5.74, 6) is 1.93. The molecular weight excluding hydrogens is 583 g/mol. The molecular formula is C45H29N3. The van der Waals surface area contributed by atoms with Gasteiger partial charge in [0.1, 0.15) is 0 Å². The minimum Gasteiger partial charge on any atom is -0.208 e. The maximum atomic E-state index is 5.35. The number of hydrogen-bond donors (Lipinski definition) is 0. The molecule has 48 heavy (non-hydrogen) atoms. The van der Waals surface area contributed by atoms with Gasteiger partial charge in [0.15, 0.2) is 17.5 Å². The lowest BCUT2D eigenvalue weighted by Crippen LogP contribution is -2.02. The Labute approximate surface area is 278 Å². The van der Waals surface area contributed by atoms with E-state index >= 15 is 0 Å². The lowest BCUT2D eigenvalue weighted by molar-refractivity contribution is 1.08. The Kier molecular flexibility index (Phi) is 6.80. The van der Waals surface area contributed by atoms with E-state index in [4.69, 9.17) is 15.0 Å². The summed E-state index contributed by atoms with van der Waals surface area (Å²) in [6, 6.07) is 61.5. The lowest BCUT2D eigenvalue weighted by atomic mass is 9.92. The van der Waals surface area contributed by atoms with Gasteiger partial charge in [-0.25, -0.2) is 15.0 Å². The SMILES string of the molecule is c1ccc(-c2ccccc2-c2nc(-c3ccccc3-c3ccccc3)nc(-c3c4ccccc4cc4c3ccc3ccccc34)n2)cc1. The zero-order valence-corrected chi connectivity index (χ0v) is 26.1. The molecule has 9 aromatic rings. The maximum absolute atomic E-state index is 5.35. The summed E-state index contributed by atoms with van der Waals surface area (Å²) in [6.07, 6.45) is 0. The first kappa shape index (κ1) is 27.8. The molecule has 3 heteroatoms. The monoisotopic (exact) mass is 611 g/mol. The highest BCUT2D eigenvalue weighted by atomic mass is 15.0. The summed E-state index contributed by atoms with van der Waals surface area (Å²) in [5.41, 5.74) is 7.30. The van der Waals surface area contributed by atoms with E-state index in [-0.39, 0.29) is 0 Å². The van der Waals surface area contributed by atoms with Gasteiger partial charge < -0.3 is 0 Å². The van der Waals surface area contributed by atoms with Crippen molar-refractivity contribution in [3.05, 3.63) is 176 Å². The second-order valence-corrected chi connectivity index (χ2v) is 12.0. The minimum absolute atomic E-state index is 0.638. The van der Waals surface area contributed by atoms with Crippen LogP contribution in [0.2, 0.25) is 0 Å². The normalized spacial score (nSPS) is 11.3. The number of hydrogen-bond acceptors (Lipinski definition) is 3. The fourth-order valence-electron chi connectivity index (χ4n) is 6.88. The first-order chi connectivity index (χ1) is 23.8. The Morgan fingerprint density at radius 1 is 0.271 bits per heavy atom. The van der Waals surface area contributed by atoms with Crippen molar-refractivity contribution in [2.75, 3.05) is 0 Å². The van der Waals surface area contributed by atoms with Crippen LogP contribution in [0.4, 0.5) is 0 Å². The Hall–Kier alpha value is -6.45. The van der Waals surface area contributed by atoms with Gasteiger partial charge in [-0.15, -0.1) is 0 Å². The van der Waals surface area contributed by atoms with E-state index in [2.05, 4.69) is 164 Å². The molecule has 0 aliphatic carbocycles. The fourth-order valence-corrected chi connectivity index (χ4v) is 6.88. The molecule has 0 atom stereocenters. The van der Waals surface area contributed by atoms with Crippen LogP contribution in [0.15, 0.2) is 176 Å². The van der Waals surface area contributed by atoms with Crippen LogP contribution in [0, 0.1) is 0 Å². The van der Waals surface area contributed by atoms with Gasteiger partial charge in [-0.05, 0) is 60.6 Å². The van der Waals surface area contributed by atoms with Crippen LogP contribution in [-0.4, -0.2) is 15.0 Å². The summed E-state index contributed by atoms with van der Waals surface area (Å²) < 4.78 is 0. The standard InChI is InChI=1S/C45H29N3/c1-3-15-30(16-4-1)34-21-11-13-25-39(34)43-46-44(40-26-14-12-22-35(40)31-17-5-2-6-18-31)48-45(47-43)42-37-24-10-8-20-33(37)29-41-36-23-9-7-19-32(36)27-28-38(41)42/h1-29H. The number of benzene rings is 8. The fraction of sp³-hybridized carbons (Fsp3) is 0. The average Bonchev–Trinajstić information content (AvgIpc) is 3.17. The molecule has 0 spiro atoms. The smallest absolute Gasteiger partial charge is 0.165 e. The molecule has 1 aromatic heterocycles. The number of nitrogens with zero attached hydrogens (tertiary/aromatic N) is 3. The van der Waals surface area contributed by atoms with Gasteiger partial charge in [0.2, 0.25) is 0 Å². The third-order valence-corrected chi connectivity index (χ3v) is 9.13. The predicted molar refractivity (Wildman–Crippen MR) is 200 cm³/mol. The number of aromatic nitrogens is 3. The van der Waals surface area contributed by atoms with E-state index < -0.39 is 0 Å². The molecule has 9 rings (SSSR count). The Balaban J connectivity index is 1.39. The number of rotatable bonds is 5. The van der Waals surface area contributed by atoms with Gasteiger partial charge in [-0.3, -0.25) is 0 Å². The van der Waals surface area contributed by atoms with Crippen LogP contribution in [0.25, 0.3) is 88.7 Å². The first-order valence-corrected chi connectivity index (χ1v) is 16.2. The molecule has 0 saturated heterocycles. The van der Waals surface area contributed by atoms with Crippen molar-refractivity contribution in [1.82, 2.24) is 15.0 Å². The average molecular weight is 612 g/mol. The van der Waals surface area contributed by atoms with E-state index in [1.807, 2.05) is 12.1 Å². The van der Waals surface area contributed by atoms with Crippen LogP contribution < -0.4 is 0 Å². The molecule has 0 saturated carbocycles. The summed E-state index contributed by atoms with van der Waals surface area (Å²) >= 11 is 0. The minimum atomic E-state index is 0.638. The van der Waals surface area contributed by atoms with Crippen molar-refractivity contribution in [2.45, 2.75) is 0 Å². The van der Waals surface area contributed by atoms with E-state index in [1.165, 1.54) is 16.2 Å². The van der Waals surface area contributed by atoms with Crippen LogP contribution in [-0.2, 0) is 0 Å². The topological polar surface area (TPSA) is 38.7 Å². The first-order valence-electron chi connectivity index (χ1n) is 16.2. The molecule has 224 valence electrons. The van der Waals surface area contributed by atoms with E-state index in [9.17, 15) is 0 Å². The third-order valence-electron chi connectivity index (χ3n) is 9.13. The van der Waals surface area contributed by atoms with Gasteiger partial charge in [0.25, 0.3) is 0 Å². The van der Waals surface area contributed by atoms with Crippen molar-refractivity contribution < 1.29 is 0 Å². The Morgan fingerprint density at radius 2 is 0.729 bits per heavy atom. The quantitative estimate of drug-likeness (QED) is 0.144. The van der Waals surface area contributed by atoms with Gasteiger partial charge in [-0.2, -0.15) is 0 Å². The lowest BCUT2D eigenvalue weighted by Gasteiger charge is -2.16. The molecule has 8 aromatic carbocycles. The van der Waals surface area contributed by atoms with E-state index in [0.717, 1.165) is 55.1 Å². The summed E-state index contributed by atoms with van der Waals surface area (Å²) in [5, 5.41) is 6.96. The van der Waals surface area contributed by atoms with Crippen LogP contribution >= 0.6 is 0 Å². The van der Waals surface area contributed by atoms with Crippen LogP contribution in [0.3, 0.4) is 0 Å². The van der Waals surface area contributed by atoms with Gasteiger partial charge >= 0.3 is 0 Å². The van der Waals surface area contributed by atoms with Crippen molar-refractivity contribution >= 4 is 32.3 Å². The highest BCUT2D eigenvalue weighted by Crippen LogP contribution is 2.40. The van der Waals surface area contributed by atoms with Crippen molar-refractivity contribution in [2.24, 2.45) is 0 Å². The highest BCUT2D eigenvalue weighted by Gasteiger charge is 2.20. The van der Waals surface area contributed by atoms with Crippen molar-refractivity contribution in [1.29, 1.82) is 0 Å². The van der Waals surface area contributed by atoms with E-state index in [0.29, 0.717) is 17.5 Å². The van der Waals surface area contributed by atoms with Gasteiger partial charge in [0.05, 0.1) is 0 Å². The predicted octanol–water partition coefficient (Wildman–Crippen LogP) is 11.7. The highest BCUT2D eigenvalue weighted by molar-refractivity contribution is 6.19. The molecule has 0 aliphatic rings. The molecule has 0 amide bonds. The van der Waals surface area contributed by atoms with Crippen LogP contribution in [0.5, 0.6) is 0 Å². The molecule has 0 aliphatic heterocycles. The zero-order valence-electron chi connectivity index (χ0n) is 26.1. The molecule has 0 N–H and O–H groups in total. The van der Waals surface area contributed by atoms with E-state index in [1.54, 1.807) is 0 Å². The van der Waals surface area contributed by atoms with Crippen LogP contribution in [0.1, 0.15) is 0 Å². The largest absolute Gasteiger partial charge is 0.208 e. The second-order valence-electron chi connectivity index (χ2n) is 12.0. The maximum Gasteiger partial charge on any atom is 0.165 e. The van der Waals surface area contributed by atoms with Crippen molar-refractivity contribution in [3.8, 4) is 56.4 Å². The zero-order chi connectivity index (χ0) is 31.9. The van der Waals surface area contributed by atoms with Gasteiger partial charge in [0, 0.05) is 16.7 Å². The molecule has 0 radical (unpaired) electrons. The molecule has 3 nitrogen and oxygen atoms in total. The Morgan fingerprint density at radius 3 is 1.33 bits per heavy atom. The third kappa shape index (κ3) is 4.81. The molecule has 0 unspecified atom stereocenters. The molecule has 1 heterocycles.